The van der Waals surface area contributed by atoms with Gasteiger partial charge in [-0.25, -0.2) is 4.98 Å². The molecule has 0 unspecified atom stereocenters. The first-order valence-corrected chi connectivity index (χ1v) is 11.7. The summed E-state index contributed by atoms with van der Waals surface area (Å²) in [7, 11) is 0. The van der Waals surface area contributed by atoms with Crippen LogP contribution in [0.15, 0.2) is 36.8 Å². The van der Waals surface area contributed by atoms with Crippen molar-refractivity contribution in [1.29, 1.82) is 0 Å². The van der Waals surface area contributed by atoms with Gasteiger partial charge in [0.25, 0.3) is 11.8 Å². The normalized spacial score (nSPS) is 10.9. The molecule has 0 spiro atoms. The van der Waals surface area contributed by atoms with Crippen LogP contribution in [0, 0.1) is 13.8 Å². The lowest BCUT2D eigenvalue weighted by Crippen LogP contribution is -2.30. The molecule has 0 bridgehead atoms. The summed E-state index contributed by atoms with van der Waals surface area (Å²) in [5, 5.41) is 7.20. The Morgan fingerprint density at radius 3 is 2.62 bits per heavy atom. The number of imidazole rings is 1. The molecule has 1 N–H and O–H groups in total. The number of benzene rings is 1. The molecule has 9 nitrogen and oxygen atoms in total. The van der Waals surface area contributed by atoms with Crippen molar-refractivity contribution >= 4 is 11.8 Å². The minimum Gasteiger partial charge on any atom is -0.491 e. The van der Waals surface area contributed by atoms with E-state index in [2.05, 4.69) is 15.4 Å². The van der Waals surface area contributed by atoms with Gasteiger partial charge in [0.1, 0.15) is 23.7 Å². The van der Waals surface area contributed by atoms with Crippen LogP contribution in [0.4, 0.5) is 0 Å². The second kappa shape index (κ2) is 11.5. The van der Waals surface area contributed by atoms with Gasteiger partial charge in [0.2, 0.25) is 0 Å². The number of hydrogen-bond acceptors (Lipinski definition) is 5. The molecule has 1 aromatic carbocycles. The second-order valence-electron chi connectivity index (χ2n) is 8.04. The number of amides is 2. The standard InChI is InChI=1S/C25H34N6O3/c1-6-30(7-2)25(33)21-16-29(17-27-21)15-20-10-9-11-23(19(20)5)34-13-12-26-24(32)22-14-18(4)28-31(22)8-3/h9-11,14,16-17H,6-8,12-13,15H2,1-5H3,(H,26,32). The largest absolute Gasteiger partial charge is 0.491 e. The first-order valence-electron chi connectivity index (χ1n) is 11.7. The Morgan fingerprint density at radius 1 is 1.15 bits per heavy atom. The SMILES string of the molecule is CCN(CC)C(=O)c1cn(Cc2cccc(OCCNC(=O)c3cc(C)nn3CC)c2C)cn1. The monoisotopic (exact) mass is 466 g/mol. The lowest BCUT2D eigenvalue weighted by atomic mass is 10.1. The van der Waals surface area contributed by atoms with Crippen molar-refractivity contribution < 1.29 is 14.3 Å². The summed E-state index contributed by atoms with van der Waals surface area (Å²) in [6, 6.07) is 7.67. The summed E-state index contributed by atoms with van der Waals surface area (Å²) in [6.45, 7) is 13.0. The fourth-order valence-corrected chi connectivity index (χ4v) is 3.80. The minimum absolute atomic E-state index is 0.0586. The van der Waals surface area contributed by atoms with E-state index in [1.54, 1.807) is 28.2 Å². The van der Waals surface area contributed by atoms with E-state index in [-0.39, 0.29) is 11.8 Å². The number of carbonyl (C=O) groups excluding carboxylic acids is 2. The number of hydrogen-bond donors (Lipinski definition) is 1. The summed E-state index contributed by atoms with van der Waals surface area (Å²) in [5.74, 6) is 0.546. The molecular weight excluding hydrogens is 432 g/mol. The zero-order valence-corrected chi connectivity index (χ0v) is 20.7. The van der Waals surface area contributed by atoms with Crippen LogP contribution in [0.3, 0.4) is 0 Å². The van der Waals surface area contributed by atoms with E-state index >= 15 is 0 Å². The summed E-state index contributed by atoms with van der Waals surface area (Å²) < 4.78 is 9.54. The quantitative estimate of drug-likeness (QED) is 0.439. The van der Waals surface area contributed by atoms with E-state index in [9.17, 15) is 9.59 Å². The van der Waals surface area contributed by atoms with E-state index in [1.807, 2.05) is 57.4 Å². The van der Waals surface area contributed by atoms with E-state index in [0.29, 0.717) is 50.7 Å². The first-order chi connectivity index (χ1) is 16.4. The van der Waals surface area contributed by atoms with Gasteiger partial charge in [-0.1, -0.05) is 12.1 Å². The average molecular weight is 467 g/mol. The Hall–Kier alpha value is -3.62. The summed E-state index contributed by atoms with van der Waals surface area (Å²) in [4.78, 5) is 31.0. The highest BCUT2D eigenvalue weighted by Gasteiger charge is 2.16. The minimum atomic E-state index is -0.160. The Labute approximate surface area is 200 Å². The molecule has 3 aromatic rings. The Morgan fingerprint density at radius 2 is 1.91 bits per heavy atom. The van der Waals surface area contributed by atoms with Gasteiger partial charge in [0.05, 0.1) is 18.6 Å². The second-order valence-corrected chi connectivity index (χ2v) is 8.04. The van der Waals surface area contributed by atoms with Crippen molar-refractivity contribution in [2.75, 3.05) is 26.2 Å². The smallest absolute Gasteiger partial charge is 0.274 e. The predicted molar refractivity (Wildman–Crippen MR) is 130 cm³/mol. The third-order valence-corrected chi connectivity index (χ3v) is 5.73. The van der Waals surface area contributed by atoms with Crippen LogP contribution in [-0.4, -0.2) is 62.3 Å². The Balaban J connectivity index is 1.57. The average Bonchev–Trinajstić information content (AvgIpc) is 3.45. The van der Waals surface area contributed by atoms with E-state index < -0.39 is 0 Å². The fourth-order valence-electron chi connectivity index (χ4n) is 3.80. The van der Waals surface area contributed by atoms with Crippen molar-refractivity contribution in [3.05, 3.63) is 65.0 Å². The number of ether oxygens (including phenoxy) is 1. The van der Waals surface area contributed by atoms with Crippen molar-refractivity contribution in [3.8, 4) is 5.75 Å². The van der Waals surface area contributed by atoms with Gasteiger partial charge >= 0.3 is 0 Å². The van der Waals surface area contributed by atoms with Crippen molar-refractivity contribution in [3.63, 3.8) is 0 Å². The van der Waals surface area contributed by atoms with E-state index in [4.69, 9.17) is 4.74 Å². The highest BCUT2D eigenvalue weighted by molar-refractivity contribution is 5.92. The Kier molecular flexibility index (Phi) is 8.45. The highest BCUT2D eigenvalue weighted by Crippen LogP contribution is 2.22. The molecule has 0 saturated carbocycles. The van der Waals surface area contributed by atoms with Gasteiger partial charge in [-0.15, -0.1) is 0 Å². The molecule has 3 rings (SSSR count). The summed E-state index contributed by atoms with van der Waals surface area (Å²) in [6.07, 6.45) is 3.47. The molecule has 0 fully saturated rings. The number of carbonyl (C=O) groups is 2. The molecule has 9 heteroatoms. The van der Waals surface area contributed by atoms with Gasteiger partial charge in [-0.2, -0.15) is 5.10 Å². The number of rotatable bonds is 11. The van der Waals surface area contributed by atoms with Crippen LogP contribution < -0.4 is 10.1 Å². The van der Waals surface area contributed by atoms with Crippen LogP contribution in [0.5, 0.6) is 5.75 Å². The molecule has 2 amide bonds. The molecule has 0 aliphatic heterocycles. The summed E-state index contributed by atoms with van der Waals surface area (Å²) >= 11 is 0. The topological polar surface area (TPSA) is 94.3 Å². The van der Waals surface area contributed by atoms with Crippen molar-refractivity contribution in [2.45, 2.75) is 47.7 Å². The maximum absolute atomic E-state index is 12.5. The molecule has 34 heavy (non-hydrogen) atoms. The zero-order valence-electron chi connectivity index (χ0n) is 20.7. The van der Waals surface area contributed by atoms with Crippen LogP contribution in [-0.2, 0) is 13.1 Å². The van der Waals surface area contributed by atoms with Gasteiger partial charge in [0.15, 0.2) is 0 Å². The van der Waals surface area contributed by atoms with Crippen LogP contribution in [0.2, 0.25) is 0 Å². The molecule has 2 aromatic heterocycles. The number of aromatic nitrogens is 4. The first kappa shape index (κ1) is 25.0. The molecule has 182 valence electrons. The maximum Gasteiger partial charge on any atom is 0.274 e. The lowest BCUT2D eigenvalue weighted by molar-refractivity contribution is 0.0767. The van der Waals surface area contributed by atoms with Gasteiger partial charge in [-0.3, -0.25) is 14.3 Å². The van der Waals surface area contributed by atoms with Crippen molar-refractivity contribution in [2.24, 2.45) is 0 Å². The molecule has 0 saturated heterocycles. The third kappa shape index (κ3) is 5.84. The van der Waals surface area contributed by atoms with Crippen molar-refractivity contribution in [1.82, 2.24) is 29.5 Å². The molecule has 0 atom stereocenters. The fraction of sp³-hybridized carbons (Fsp3) is 0.440. The molecular formula is C25H34N6O3. The number of nitrogens with zero attached hydrogens (tertiary/aromatic N) is 5. The van der Waals surface area contributed by atoms with Gasteiger partial charge in [0, 0.05) is 32.4 Å². The van der Waals surface area contributed by atoms with Gasteiger partial charge in [-0.05, 0) is 57.9 Å². The van der Waals surface area contributed by atoms with E-state index in [0.717, 1.165) is 22.6 Å². The number of nitrogens with one attached hydrogen (secondary N) is 1. The molecule has 0 aliphatic carbocycles. The Bertz CT molecular complexity index is 1130. The molecule has 0 radical (unpaired) electrons. The third-order valence-electron chi connectivity index (χ3n) is 5.73. The zero-order chi connectivity index (χ0) is 24.7. The highest BCUT2D eigenvalue weighted by atomic mass is 16.5. The van der Waals surface area contributed by atoms with Crippen LogP contribution in [0.1, 0.15) is 58.6 Å². The van der Waals surface area contributed by atoms with Crippen LogP contribution >= 0.6 is 0 Å². The molecule has 2 heterocycles. The summed E-state index contributed by atoms with van der Waals surface area (Å²) in [5.41, 5.74) is 3.90. The number of aryl methyl sites for hydroxylation is 2. The predicted octanol–water partition coefficient (Wildman–Crippen LogP) is 3.06. The molecule has 0 aliphatic rings. The van der Waals surface area contributed by atoms with E-state index in [1.165, 1.54) is 0 Å². The van der Waals surface area contributed by atoms with Crippen LogP contribution in [0.25, 0.3) is 0 Å². The van der Waals surface area contributed by atoms with Gasteiger partial charge < -0.3 is 19.5 Å². The maximum atomic E-state index is 12.5. The lowest BCUT2D eigenvalue weighted by Gasteiger charge is -2.16.